The SMILES string of the molecule is Cc1nc(COc2cccc(C(=O)N3CCOC[C@H]3C)c2)cs1. The summed E-state index contributed by atoms with van der Waals surface area (Å²) in [5.41, 5.74) is 1.55. The molecule has 0 N–H and O–H groups in total. The van der Waals surface area contributed by atoms with Gasteiger partial charge in [-0.15, -0.1) is 11.3 Å². The van der Waals surface area contributed by atoms with Gasteiger partial charge in [0.1, 0.15) is 12.4 Å². The van der Waals surface area contributed by atoms with Crippen molar-refractivity contribution in [1.29, 1.82) is 0 Å². The lowest BCUT2D eigenvalue weighted by Crippen LogP contribution is -2.47. The van der Waals surface area contributed by atoms with Crippen LogP contribution in [0.2, 0.25) is 0 Å². The van der Waals surface area contributed by atoms with Crippen LogP contribution >= 0.6 is 11.3 Å². The van der Waals surface area contributed by atoms with E-state index in [4.69, 9.17) is 9.47 Å². The molecule has 1 atom stereocenters. The molecule has 0 bridgehead atoms. The maximum Gasteiger partial charge on any atom is 0.254 e. The van der Waals surface area contributed by atoms with E-state index in [9.17, 15) is 4.79 Å². The lowest BCUT2D eigenvalue weighted by Gasteiger charge is -2.33. The zero-order valence-corrected chi connectivity index (χ0v) is 14.1. The second kappa shape index (κ2) is 7.10. The van der Waals surface area contributed by atoms with Gasteiger partial charge < -0.3 is 14.4 Å². The minimum absolute atomic E-state index is 0.0238. The second-order valence-corrected chi connectivity index (χ2v) is 6.66. The molecule has 1 fully saturated rings. The van der Waals surface area contributed by atoms with Crippen LogP contribution in [-0.2, 0) is 11.3 Å². The van der Waals surface area contributed by atoms with E-state index in [0.29, 0.717) is 37.7 Å². The molecule has 0 unspecified atom stereocenters. The molecule has 1 aliphatic rings. The lowest BCUT2D eigenvalue weighted by molar-refractivity contribution is 0.00357. The molecule has 1 aromatic carbocycles. The third-order valence-corrected chi connectivity index (χ3v) is 4.59. The van der Waals surface area contributed by atoms with Crippen molar-refractivity contribution < 1.29 is 14.3 Å². The van der Waals surface area contributed by atoms with Crippen molar-refractivity contribution in [1.82, 2.24) is 9.88 Å². The zero-order valence-electron chi connectivity index (χ0n) is 13.3. The molecule has 2 heterocycles. The van der Waals surface area contributed by atoms with Crippen LogP contribution in [0.25, 0.3) is 0 Å². The van der Waals surface area contributed by atoms with E-state index >= 15 is 0 Å². The van der Waals surface area contributed by atoms with E-state index in [2.05, 4.69) is 4.98 Å². The van der Waals surface area contributed by atoms with E-state index < -0.39 is 0 Å². The van der Waals surface area contributed by atoms with Crippen LogP contribution in [0, 0.1) is 6.92 Å². The maximum atomic E-state index is 12.6. The van der Waals surface area contributed by atoms with Crippen LogP contribution in [0.5, 0.6) is 5.75 Å². The molecule has 2 aromatic rings. The van der Waals surface area contributed by atoms with Gasteiger partial charge in [-0.3, -0.25) is 4.79 Å². The number of benzene rings is 1. The Morgan fingerprint density at radius 2 is 2.39 bits per heavy atom. The van der Waals surface area contributed by atoms with Crippen LogP contribution in [0.1, 0.15) is 28.0 Å². The Bertz CT molecular complexity index is 686. The molecule has 5 nitrogen and oxygen atoms in total. The first-order valence-corrected chi connectivity index (χ1v) is 8.54. The van der Waals surface area contributed by atoms with Crippen LogP contribution in [-0.4, -0.2) is 41.6 Å². The number of aromatic nitrogens is 1. The van der Waals surface area contributed by atoms with Crippen molar-refractivity contribution in [2.24, 2.45) is 0 Å². The summed E-state index contributed by atoms with van der Waals surface area (Å²) in [7, 11) is 0. The van der Waals surface area contributed by atoms with Gasteiger partial charge in [0.05, 0.1) is 30.0 Å². The Kier molecular flexibility index (Phi) is 4.93. The highest BCUT2D eigenvalue weighted by Crippen LogP contribution is 2.19. The van der Waals surface area contributed by atoms with Gasteiger partial charge >= 0.3 is 0 Å². The van der Waals surface area contributed by atoms with Gasteiger partial charge in [-0.05, 0) is 32.0 Å². The largest absolute Gasteiger partial charge is 0.487 e. The number of hydrogen-bond donors (Lipinski definition) is 0. The standard InChI is InChI=1S/C17H20N2O3S/c1-12-9-21-7-6-19(12)17(20)14-4-3-5-16(8-14)22-10-15-11-23-13(2)18-15/h3-5,8,11-12H,6-7,9-10H2,1-2H3/t12-/m1/s1. The molecule has 0 spiro atoms. The van der Waals surface area contributed by atoms with Crippen LogP contribution < -0.4 is 4.74 Å². The monoisotopic (exact) mass is 332 g/mol. The summed E-state index contributed by atoms with van der Waals surface area (Å²) in [6.45, 7) is 6.19. The predicted octanol–water partition coefficient (Wildman–Crippen LogP) is 2.89. The third kappa shape index (κ3) is 3.89. The zero-order chi connectivity index (χ0) is 16.2. The van der Waals surface area contributed by atoms with Crippen molar-refractivity contribution in [3.8, 4) is 5.75 Å². The Morgan fingerprint density at radius 3 is 3.13 bits per heavy atom. The van der Waals surface area contributed by atoms with Gasteiger partial charge in [-0.1, -0.05) is 6.07 Å². The fraction of sp³-hybridized carbons (Fsp3) is 0.412. The number of morpholine rings is 1. The number of amides is 1. The summed E-state index contributed by atoms with van der Waals surface area (Å²) in [6, 6.07) is 7.42. The van der Waals surface area contributed by atoms with Gasteiger partial charge in [0.25, 0.3) is 5.91 Å². The average molecular weight is 332 g/mol. The van der Waals surface area contributed by atoms with Crippen molar-refractivity contribution in [3.05, 3.63) is 45.9 Å². The lowest BCUT2D eigenvalue weighted by atomic mass is 10.1. The number of carbonyl (C=O) groups excluding carboxylic acids is 1. The summed E-state index contributed by atoms with van der Waals surface area (Å²) in [6.07, 6.45) is 0. The molecule has 1 aromatic heterocycles. The second-order valence-electron chi connectivity index (χ2n) is 5.60. The maximum absolute atomic E-state index is 12.6. The quantitative estimate of drug-likeness (QED) is 0.864. The summed E-state index contributed by atoms with van der Waals surface area (Å²) >= 11 is 1.60. The molecule has 122 valence electrons. The molecule has 23 heavy (non-hydrogen) atoms. The topological polar surface area (TPSA) is 51.7 Å². The van der Waals surface area contributed by atoms with Crippen molar-refractivity contribution in [3.63, 3.8) is 0 Å². The summed E-state index contributed by atoms with van der Waals surface area (Å²) in [5, 5.41) is 3.01. The number of ether oxygens (including phenoxy) is 2. The molecule has 0 aliphatic carbocycles. The fourth-order valence-corrected chi connectivity index (χ4v) is 3.14. The Hall–Kier alpha value is -1.92. The van der Waals surface area contributed by atoms with Crippen molar-refractivity contribution in [2.75, 3.05) is 19.8 Å². The predicted molar refractivity (Wildman–Crippen MR) is 88.9 cm³/mol. The first kappa shape index (κ1) is 16.0. The molecule has 6 heteroatoms. The molecule has 0 saturated carbocycles. The van der Waals surface area contributed by atoms with E-state index in [1.807, 2.05) is 42.3 Å². The van der Waals surface area contributed by atoms with Gasteiger partial charge in [0.15, 0.2) is 0 Å². The smallest absolute Gasteiger partial charge is 0.254 e. The molecular weight excluding hydrogens is 312 g/mol. The van der Waals surface area contributed by atoms with Gasteiger partial charge in [0, 0.05) is 17.5 Å². The number of aryl methyl sites for hydroxylation is 1. The molecule has 1 amide bonds. The van der Waals surface area contributed by atoms with Crippen LogP contribution in [0.4, 0.5) is 0 Å². The molecule has 1 aliphatic heterocycles. The average Bonchev–Trinajstić information content (AvgIpc) is 2.98. The van der Waals surface area contributed by atoms with Crippen molar-refractivity contribution >= 4 is 17.2 Å². The molecule has 3 rings (SSSR count). The highest BCUT2D eigenvalue weighted by atomic mass is 32.1. The van der Waals surface area contributed by atoms with Crippen LogP contribution in [0.3, 0.4) is 0 Å². The Morgan fingerprint density at radius 1 is 1.52 bits per heavy atom. The number of carbonyl (C=O) groups is 1. The highest BCUT2D eigenvalue weighted by molar-refractivity contribution is 7.09. The van der Waals surface area contributed by atoms with Gasteiger partial charge in [0.2, 0.25) is 0 Å². The van der Waals surface area contributed by atoms with Gasteiger partial charge in [-0.25, -0.2) is 4.98 Å². The fourth-order valence-electron chi connectivity index (χ4n) is 2.55. The molecular formula is C17H20N2O3S. The van der Waals surface area contributed by atoms with Gasteiger partial charge in [-0.2, -0.15) is 0 Å². The number of thiazole rings is 1. The number of nitrogens with zero attached hydrogens (tertiary/aromatic N) is 2. The van der Waals surface area contributed by atoms with Crippen LogP contribution in [0.15, 0.2) is 29.6 Å². The van der Waals surface area contributed by atoms with E-state index in [-0.39, 0.29) is 11.9 Å². The first-order chi connectivity index (χ1) is 11.1. The normalized spacial score (nSPS) is 18.0. The van der Waals surface area contributed by atoms with Crippen molar-refractivity contribution in [2.45, 2.75) is 26.5 Å². The molecule has 0 radical (unpaired) electrons. The first-order valence-electron chi connectivity index (χ1n) is 7.66. The minimum atomic E-state index is 0.0238. The molecule has 1 saturated heterocycles. The van der Waals surface area contributed by atoms with E-state index in [0.717, 1.165) is 10.7 Å². The Labute approximate surface area is 139 Å². The number of hydrogen-bond acceptors (Lipinski definition) is 5. The minimum Gasteiger partial charge on any atom is -0.487 e. The third-order valence-electron chi connectivity index (χ3n) is 3.76. The van der Waals surface area contributed by atoms with E-state index in [1.54, 1.807) is 17.4 Å². The summed E-state index contributed by atoms with van der Waals surface area (Å²) < 4.78 is 11.1. The summed E-state index contributed by atoms with van der Waals surface area (Å²) in [4.78, 5) is 18.9. The Balaban J connectivity index is 1.67. The highest BCUT2D eigenvalue weighted by Gasteiger charge is 2.24. The summed E-state index contributed by atoms with van der Waals surface area (Å²) in [5.74, 6) is 0.707. The number of rotatable bonds is 4. The van der Waals surface area contributed by atoms with E-state index in [1.165, 1.54) is 0 Å².